The molecule has 0 fully saturated rings. The van der Waals surface area contributed by atoms with Crippen LogP contribution in [0, 0.1) is 0 Å². The average molecular weight is 1050 g/mol. The summed E-state index contributed by atoms with van der Waals surface area (Å²) in [6.45, 7) is 0. The summed E-state index contributed by atoms with van der Waals surface area (Å²) in [5.74, 6) is 2.87. The van der Waals surface area contributed by atoms with Crippen molar-refractivity contribution >= 4 is 51.1 Å². The van der Waals surface area contributed by atoms with Crippen LogP contribution in [-0.4, -0.2) is 45.4 Å². The van der Waals surface area contributed by atoms with Crippen LogP contribution < -0.4 is 14.7 Å². The number of rotatable bonds is 12. The molecule has 1 aromatic heterocycles. The van der Waals surface area contributed by atoms with Crippen LogP contribution in [0.4, 0.5) is 28.4 Å². The Kier molecular flexibility index (Phi) is 12.3. The van der Waals surface area contributed by atoms with Gasteiger partial charge in [0.15, 0.2) is 0 Å². The van der Waals surface area contributed by atoms with Crippen molar-refractivity contribution in [3.63, 3.8) is 0 Å². The van der Waals surface area contributed by atoms with Gasteiger partial charge in [0.2, 0.25) is 0 Å². The molecule has 7 heteroatoms. The van der Waals surface area contributed by atoms with E-state index < -0.39 is 0 Å². The van der Waals surface area contributed by atoms with Gasteiger partial charge in [0.1, 0.15) is 17.5 Å². The van der Waals surface area contributed by atoms with Crippen LogP contribution in [0.15, 0.2) is 319 Å². The number of benzene rings is 10. The molecule has 7 nitrogen and oxygen atoms in total. The number of aromatic nitrogens is 2. The first-order valence-electron chi connectivity index (χ1n) is 28.2. The molecule has 15 rings (SSSR count). The Morgan fingerprint density at radius 3 is 1.15 bits per heavy atom. The summed E-state index contributed by atoms with van der Waals surface area (Å²) in [6, 6.07) is 93.7. The SMILES string of the molecule is C1=CC2N=C(c3cccc(-c4ccc(N(c5ccc(-c6cccc(C7=NC8C=CC=CC8N7c7ccccc7)c6)cc5)c5ccc(-c6cccc(-c7nc8ccccc8n7-c7ccccc7)c6)cc5)cc4)c3)N(c3ccccc3)C2C=C1. The van der Waals surface area contributed by atoms with E-state index in [0.29, 0.717) is 0 Å². The molecule has 2 aliphatic heterocycles. The van der Waals surface area contributed by atoms with Crippen LogP contribution in [0.1, 0.15) is 11.1 Å². The van der Waals surface area contributed by atoms with Gasteiger partial charge < -0.3 is 14.7 Å². The number of imidazole rings is 1. The highest BCUT2D eigenvalue weighted by Crippen LogP contribution is 2.41. The second-order valence-electron chi connectivity index (χ2n) is 21.1. The molecule has 4 unspecified atom stereocenters. The minimum absolute atomic E-state index is 0.0571. The van der Waals surface area contributed by atoms with Crippen molar-refractivity contribution in [2.45, 2.75) is 24.2 Å². The third-order valence-corrected chi connectivity index (χ3v) is 16.1. The zero-order chi connectivity index (χ0) is 54.3. The van der Waals surface area contributed by atoms with Crippen LogP contribution in [0.3, 0.4) is 0 Å². The molecule has 390 valence electrons. The van der Waals surface area contributed by atoms with E-state index in [4.69, 9.17) is 15.0 Å². The quantitative estimate of drug-likeness (QED) is 0.122. The zero-order valence-electron chi connectivity index (χ0n) is 44.9. The molecule has 0 saturated heterocycles. The first-order valence-corrected chi connectivity index (χ1v) is 28.2. The molecule has 0 bridgehead atoms. The minimum atomic E-state index is 0.0571. The third kappa shape index (κ3) is 8.95. The number of hydrogen-bond acceptors (Lipinski definition) is 6. The fraction of sp³-hybridized carbons (Fsp3) is 0.0533. The van der Waals surface area contributed by atoms with E-state index in [1.165, 1.54) is 0 Å². The van der Waals surface area contributed by atoms with Gasteiger partial charge in [-0.3, -0.25) is 14.6 Å². The summed E-state index contributed by atoms with van der Waals surface area (Å²) in [5, 5.41) is 0. The van der Waals surface area contributed by atoms with Crippen molar-refractivity contribution < 1.29 is 0 Å². The number of allylic oxidation sites excluding steroid dienone is 4. The van der Waals surface area contributed by atoms with Crippen LogP contribution in [0.2, 0.25) is 0 Å². The number of aliphatic imine (C=N–C) groups is 2. The lowest BCUT2D eigenvalue weighted by Gasteiger charge is -2.29. The Morgan fingerprint density at radius 2 is 0.683 bits per heavy atom. The molecule has 82 heavy (non-hydrogen) atoms. The lowest BCUT2D eigenvalue weighted by molar-refractivity contribution is 0.739. The second kappa shape index (κ2) is 20.9. The zero-order valence-corrected chi connectivity index (χ0v) is 44.9. The number of anilines is 5. The first-order chi connectivity index (χ1) is 40.6. The van der Waals surface area contributed by atoms with Crippen molar-refractivity contribution in [2.24, 2.45) is 9.98 Å². The van der Waals surface area contributed by atoms with Crippen molar-refractivity contribution in [3.8, 4) is 50.5 Å². The van der Waals surface area contributed by atoms with Gasteiger partial charge in [-0.2, -0.15) is 0 Å². The summed E-state index contributed by atoms with van der Waals surface area (Å²) in [5.41, 5.74) is 18.5. The van der Waals surface area contributed by atoms with Crippen LogP contribution in [0.25, 0.3) is 61.5 Å². The van der Waals surface area contributed by atoms with E-state index in [9.17, 15) is 0 Å². The molecule has 4 aliphatic rings. The van der Waals surface area contributed by atoms with Gasteiger partial charge in [-0.1, -0.05) is 206 Å². The maximum atomic E-state index is 5.30. The van der Waals surface area contributed by atoms with Crippen molar-refractivity contribution in [1.29, 1.82) is 0 Å². The summed E-state index contributed by atoms with van der Waals surface area (Å²) < 4.78 is 2.26. The van der Waals surface area contributed by atoms with Gasteiger partial charge in [0.05, 0.1) is 35.2 Å². The first kappa shape index (κ1) is 48.5. The maximum absolute atomic E-state index is 5.30. The van der Waals surface area contributed by atoms with Gasteiger partial charge in [-0.05, 0) is 137 Å². The molecule has 0 N–H and O–H groups in total. The highest BCUT2D eigenvalue weighted by atomic mass is 15.3. The summed E-state index contributed by atoms with van der Waals surface area (Å²) in [7, 11) is 0. The van der Waals surface area contributed by atoms with E-state index in [1.54, 1.807) is 0 Å². The maximum Gasteiger partial charge on any atom is 0.145 e. The number of hydrogen-bond donors (Lipinski definition) is 0. The molecule has 11 aromatic rings. The lowest BCUT2D eigenvalue weighted by atomic mass is 9.99. The molecule has 0 radical (unpaired) electrons. The predicted octanol–water partition coefficient (Wildman–Crippen LogP) is 17.4. The second-order valence-corrected chi connectivity index (χ2v) is 21.1. The Hall–Kier alpha value is -10.6. The van der Waals surface area contributed by atoms with Crippen LogP contribution in [-0.2, 0) is 0 Å². The fourth-order valence-corrected chi connectivity index (χ4v) is 12.2. The Balaban J connectivity index is 0.771. The van der Waals surface area contributed by atoms with Crippen molar-refractivity contribution in [1.82, 2.24) is 9.55 Å². The molecule has 2 aliphatic carbocycles. The normalized spacial score (nSPS) is 17.7. The standard InChI is InChI=1S/C75H55N7/c1-4-25-61(26-5-1)80-70-34-13-10-31-67(70)76-73(80)58-22-16-19-55(49-58)52-37-43-64(44-38-52)79(65-45-39-53(40-46-65)56-20-17-23-59(50-56)74-77-68-32-11-14-35-71(68)81(74)62-27-6-2-7-28-62)66-47-41-54(42-48-66)57-21-18-24-60(51-57)75-78-69-33-12-15-36-72(69)82(75)63-29-8-3-9-30-63/h1-51,67-68,70-71H. The molecule has 4 atom stereocenters. The van der Waals surface area contributed by atoms with Crippen molar-refractivity contribution in [2.75, 3.05) is 14.7 Å². The predicted molar refractivity (Wildman–Crippen MR) is 340 cm³/mol. The van der Waals surface area contributed by atoms with Gasteiger partial charge in [0.25, 0.3) is 0 Å². The van der Waals surface area contributed by atoms with Gasteiger partial charge in [-0.25, -0.2) is 4.98 Å². The Bertz CT molecular complexity index is 4160. The molecule has 0 spiro atoms. The number of nitrogens with zero attached hydrogens (tertiary/aromatic N) is 7. The van der Waals surface area contributed by atoms with E-state index in [1.807, 2.05) is 0 Å². The Morgan fingerprint density at radius 1 is 0.305 bits per heavy atom. The highest BCUT2D eigenvalue weighted by Gasteiger charge is 2.37. The molecular weight excluding hydrogens is 999 g/mol. The van der Waals surface area contributed by atoms with E-state index in [0.717, 1.165) is 113 Å². The van der Waals surface area contributed by atoms with E-state index in [-0.39, 0.29) is 24.2 Å². The fourth-order valence-electron chi connectivity index (χ4n) is 12.2. The van der Waals surface area contributed by atoms with Gasteiger partial charge >= 0.3 is 0 Å². The van der Waals surface area contributed by atoms with Gasteiger partial charge in [0, 0.05) is 50.8 Å². The minimum Gasteiger partial charge on any atom is -0.317 e. The van der Waals surface area contributed by atoms with Crippen LogP contribution in [0.5, 0.6) is 0 Å². The largest absolute Gasteiger partial charge is 0.317 e. The number of fused-ring (bicyclic) bond motifs is 3. The monoisotopic (exact) mass is 1050 g/mol. The molecular formula is C75H55N7. The average Bonchev–Trinajstić information content (AvgIpc) is 4.46. The topological polar surface area (TPSA) is 52.3 Å². The summed E-state index contributed by atoms with van der Waals surface area (Å²) in [4.78, 5) is 22.9. The third-order valence-electron chi connectivity index (χ3n) is 16.1. The van der Waals surface area contributed by atoms with Crippen LogP contribution >= 0.6 is 0 Å². The van der Waals surface area contributed by atoms with E-state index in [2.05, 4.69) is 329 Å². The summed E-state index contributed by atoms with van der Waals surface area (Å²) in [6.07, 6.45) is 17.4. The molecule has 3 heterocycles. The summed E-state index contributed by atoms with van der Waals surface area (Å²) >= 11 is 0. The molecule has 10 aromatic carbocycles. The highest BCUT2D eigenvalue weighted by molar-refractivity contribution is 6.14. The van der Waals surface area contributed by atoms with Gasteiger partial charge in [-0.15, -0.1) is 0 Å². The van der Waals surface area contributed by atoms with Crippen molar-refractivity contribution in [3.05, 3.63) is 321 Å². The molecule has 0 saturated carbocycles. The number of para-hydroxylation sites is 5. The smallest absolute Gasteiger partial charge is 0.145 e. The Labute approximate surface area is 478 Å². The lowest BCUT2D eigenvalue weighted by Crippen LogP contribution is -2.39. The number of amidine groups is 2. The van der Waals surface area contributed by atoms with E-state index >= 15 is 0 Å². The molecule has 0 amide bonds.